The zero-order valence-corrected chi connectivity index (χ0v) is 31.5. The molecule has 6 nitrogen and oxygen atoms in total. The molecule has 9 atom stereocenters. The molecule has 0 aromatic carbocycles. The first-order valence-corrected chi connectivity index (χ1v) is 19.6. The van der Waals surface area contributed by atoms with E-state index in [0.29, 0.717) is 36.0 Å². The van der Waals surface area contributed by atoms with Gasteiger partial charge in [-0.15, -0.1) is 0 Å². The van der Waals surface area contributed by atoms with Gasteiger partial charge in [-0.05, 0) is 123 Å². The molecule has 4 saturated carbocycles. The fourth-order valence-electron chi connectivity index (χ4n) is 12.9. The number of rotatable bonds is 13. The third kappa shape index (κ3) is 6.01. The number of ketones is 1. The van der Waals surface area contributed by atoms with Gasteiger partial charge in [0.05, 0.1) is 12.5 Å². The quantitative estimate of drug-likeness (QED) is 0.116. The fraction of sp³-hybridized carbons (Fsp3) is 0.833. The van der Waals surface area contributed by atoms with Crippen LogP contribution in [0.1, 0.15) is 151 Å². The van der Waals surface area contributed by atoms with Crippen molar-refractivity contribution in [1.82, 2.24) is 5.32 Å². The topological polar surface area (TPSA) is 92.7 Å². The number of fused-ring (bicyclic) bond motifs is 7. The predicted octanol–water partition coefficient (Wildman–Crippen LogP) is 9.67. The van der Waals surface area contributed by atoms with Crippen LogP contribution in [-0.2, 0) is 19.1 Å². The Balaban J connectivity index is 1.24. The van der Waals surface area contributed by atoms with E-state index < -0.39 is 5.41 Å². The summed E-state index contributed by atoms with van der Waals surface area (Å²) in [5.74, 6) is 1.86. The van der Waals surface area contributed by atoms with Gasteiger partial charge < -0.3 is 15.2 Å². The second-order valence-corrected chi connectivity index (χ2v) is 18.2. The van der Waals surface area contributed by atoms with Gasteiger partial charge in [0.2, 0.25) is 11.7 Å². The van der Waals surface area contributed by atoms with Crippen molar-refractivity contribution in [3.05, 3.63) is 24.0 Å². The summed E-state index contributed by atoms with van der Waals surface area (Å²) in [7, 11) is 1.45. The Hall–Kier alpha value is -2.11. The maximum Gasteiger partial charge on any atom is 0.305 e. The second-order valence-electron chi connectivity index (χ2n) is 18.2. The Kier molecular flexibility index (Phi) is 10.8. The highest BCUT2D eigenvalue weighted by Crippen LogP contribution is 2.77. The largest absolute Gasteiger partial charge is 0.505 e. The molecule has 6 heteroatoms. The van der Waals surface area contributed by atoms with Crippen LogP contribution in [0.4, 0.5) is 0 Å². The molecule has 0 aliphatic heterocycles. The molecule has 0 bridgehead atoms. The van der Waals surface area contributed by atoms with Crippen molar-refractivity contribution < 1.29 is 24.2 Å². The lowest BCUT2D eigenvalue weighted by Crippen LogP contribution is -2.66. The third-order valence-corrected chi connectivity index (χ3v) is 15.7. The molecule has 2 N–H and O–H groups in total. The SMILES string of the molecule is C=C(C)[C@@H]1CC[C@]2(C(=O)NCCCCCCCCCCC(=O)OC)CC[C@]3(C)[C@H](CC[C@@H]4[C@@]5(C)C=C(O)C(=O)C(C)(C)[C@@H]5CC[C@]43C)[C@@H]12. The Morgan fingerprint density at radius 1 is 0.854 bits per heavy atom. The Labute approximate surface area is 291 Å². The summed E-state index contributed by atoms with van der Waals surface area (Å²) in [4.78, 5) is 38.7. The van der Waals surface area contributed by atoms with E-state index >= 15 is 0 Å². The molecule has 0 radical (unpaired) electrons. The lowest BCUT2D eigenvalue weighted by molar-refractivity contribution is -0.219. The molecule has 0 aromatic rings. The number of esters is 1. The van der Waals surface area contributed by atoms with Crippen molar-refractivity contribution in [3.8, 4) is 0 Å². The monoisotopic (exact) mass is 666 g/mol. The van der Waals surface area contributed by atoms with Gasteiger partial charge in [0.1, 0.15) is 0 Å². The van der Waals surface area contributed by atoms with Gasteiger partial charge in [-0.2, -0.15) is 0 Å². The van der Waals surface area contributed by atoms with E-state index in [0.717, 1.165) is 90.0 Å². The number of unbranched alkanes of at least 4 members (excludes halogenated alkanes) is 7. The van der Waals surface area contributed by atoms with Crippen LogP contribution in [0.25, 0.3) is 0 Å². The van der Waals surface area contributed by atoms with E-state index in [1.165, 1.54) is 31.9 Å². The molecule has 5 rings (SSSR count). The molecule has 0 saturated heterocycles. The van der Waals surface area contributed by atoms with Crippen molar-refractivity contribution in [2.24, 2.45) is 56.7 Å². The zero-order chi connectivity index (χ0) is 35.1. The average molecular weight is 666 g/mol. The van der Waals surface area contributed by atoms with E-state index in [1.54, 1.807) is 0 Å². The number of amides is 1. The minimum absolute atomic E-state index is 0.0276. The Morgan fingerprint density at radius 3 is 2.15 bits per heavy atom. The fourth-order valence-corrected chi connectivity index (χ4v) is 12.9. The van der Waals surface area contributed by atoms with Crippen LogP contribution in [0.15, 0.2) is 24.0 Å². The van der Waals surface area contributed by atoms with Crippen LogP contribution in [0.2, 0.25) is 0 Å². The number of nitrogens with one attached hydrogen (secondary N) is 1. The maximum absolute atomic E-state index is 14.4. The predicted molar refractivity (Wildman–Crippen MR) is 192 cm³/mol. The number of allylic oxidation sites excluding steroid dienone is 3. The van der Waals surface area contributed by atoms with E-state index in [1.807, 2.05) is 6.08 Å². The van der Waals surface area contributed by atoms with E-state index in [9.17, 15) is 19.5 Å². The molecule has 0 spiro atoms. The van der Waals surface area contributed by atoms with Gasteiger partial charge in [-0.25, -0.2) is 0 Å². The van der Waals surface area contributed by atoms with Crippen LogP contribution in [-0.4, -0.2) is 36.4 Å². The van der Waals surface area contributed by atoms with Gasteiger partial charge in [-0.1, -0.05) is 85.3 Å². The second kappa shape index (κ2) is 13.9. The minimum Gasteiger partial charge on any atom is -0.505 e. The van der Waals surface area contributed by atoms with Crippen LogP contribution in [0.3, 0.4) is 0 Å². The van der Waals surface area contributed by atoms with Gasteiger partial charge in [0, 0.05) is 18.4 Å². The summed E-state index contributed by atoms with van der Waals surface area (Å²) in [5, 5.41) is 14.4. The summed E-state index contributed by atoms with van der Waals surface area (Å²) < 4.78 is 4.72. The number of methoxy groups -OCH3 is 1. The van der Waals surface area contributed by atoms with E-state index in [2.05, 4.69) is 53.4 Å². The van der Waals surface area contributed by atoms with E-state index in [4.69, 9.17) is 4.74 Å². The zero-order valence-electron chi connectivity index (χ0n) is 31.5. The van der Waals surface area contributed by atoms with Crippen LogP contribution >= 0.6 is 0 Å². The van der Waals surface area contributed by atoms with E-state index in [-0.39, 0.29) is 45.1 Å². The highest BCUT2D eigenvalue weighted by atomic mass is 16.5. The number of hydrogen-bond acceptors (Lipinski definition) is 5. The molecular weight excluding hydrogens is 598 g/mol. The normalized spacial score (nSPS) is 39.7. The molecule has 5 aliphatic rings. The first-order valence-electron chi connectivity index (χ1n) is 19.6. The number of aliphatic hydroxyl groups is 1. The van der Waals surface area contributed by atoms with Gasteiger partial charge in [-0.3, -0.25) is 14.4 Å². The van der Waals surface area contributed by atoms with Crippen molar-refractivity contribution in [2.45, 2.75) is 151 Å². The van der Waals surface area contributed by atoms with Gasteiger partial charge >= 0.3 is 5.97 Å². The number of hydrogen-bond donors (Lipinski definition) is 2. The summed E-state index contributed by atoms with van der Waals surface area (Å²) in [6, 6.07) is 0. The molecular formula is C42H67NO5. The molecule has 48 heavy (non-hydrogen) atoms. The number of carbonyl (C=O) groups is 3. The standard InChI is InChI=1S/C42H67NO5/c1-28(2)29-20-23-42(37(47)43-26-16-14-12-10-9-11-13-15-17-34(45)48-8)25-24-40(6)30(35(29)42)18-19-33-39(5)27-31(44)36(46)38(3,4)32(39)21-22-41(33,40)7/h27,29-30,32-33,35,44H,1,9-26H2,2-8H3,(H,43,47)/t29-,30+,32-,33+,35+,39-,40+,41+,42-/m0/s1. The average Bonchev–Trinajstić information content (AvgIpc) is 3.44. The maximum atomic E-state index is 14.4. The van der Waals surface area contributed by atoms with Crippen molar-refractivity contribution in [1.29, 1.82) is 0 Å². The molecule has 4 fully saturated rings. The van der Waals surface area contributed by atoms with Crippen molar-refractivity contribution in [3.63, 3.8) is 0 Å². The molecule has 5 aliphatic carbocycles. The van der Waals surface area contributed by atoms with Crippen LogP contribution in [0, 0.1) is 56.7 Å². The smallest absolute Gasteiger partial charge is 0.305 e. The van der Waals surface area contributed by atoms with Crippen molar-refractivity contribution >= 4 is 17.7 Å². The first kappa shape index (κ1) is 37.2. The lowest BCUT2D eigenvalue weighted by Gasteiger charge is -2.71. The van der Waals surface area contributed by atoms with Crippen LogP contribution in [0.5, 0.6) is 0 Å². The Bertz CT molecular complexity index is 1280. The summed E-state index contributed by atoms with van der Waals surface area (Å²) in [5.41, 5.74) is 0.316. The van der Waals surface area contributed by atoms with Crippen molar-refractivity contribution in [2.75, 3.05) is 13.7 Å². The molecule has 270 valence electrons. The first-order chi connectivity index (χ1) is 22.6. The molecule has 1 amide bonds. The lowest BCUT2D eigenvalue weighted by atomic mass is 9.33. The van der Waals surface area contributed by atoms with Gasteiger partial charge in [0.15, 0.2) is 5.76 Å². The number of ether oxygens (including phenoxy) is 1. The summed E-state index contributed by atoms with van der Waals surface area (Å²) in [6.07, 6.45) is 19.8. The minimum atomic E-state index is -0.560. The van der Waals surface area contributed by atoms with Crippen LogP contribution < -0.4 is 5.32 Å². The number of Topliss-reactive ketones (excluding diaryl/α,β-unsaturated/α-hetero) is 1. The third-order valence-electron chi connectivity index (χ3n) is 15.7. The number of aliphatic hydroxyl groups excluding tert-OH is 1. The highest BCUT2D eigenvalue weighted by molar-refractivity contribution is 5.98. The summed E-state index contributed by atoms with van der Waals surface area (Å²) in [6.45, 7) is 19.0. The number of carbonyl (C=O) groups excluding carboxylic acids is 3. The molecule has 0 heterocycles. The Morgan fingerprint density at radius 2 is 1.50 bits per heavy atom. The summed E-state index contributed by atoms with van der Waals surface area (Å²) >= 11 is 0. The highest BCUT2D eigenvalue weighted by Gasteiger charge is 2.71. The van der Waals surface area contributed by atoms with Gasteiger partial charge in [0.25, 0.3) is 0 Å². The molecule has 0 aromatic heterocycles. The molecule has 0 unspecified atom stereocenters.